The van der Waals surface area contributed by atoms with Gasteiger partial charge in [-0.1, -0.05) is 0 Å². The molecule has 3 rings (SSSR count). The lowest BCUT2D eigenvalue weighted by Gasteiger charge is -2.23. The summed E-state index contributed by atoms with van der Waals surface area (Å²) in [5.41, 5.74) is 0.634. The van der Waals surface area contributed by atoms with Crippen molar-refractivity contribution in [3.63, 3.8) is 0 Å². The number of halogens is 2. The number of hydrogen-bond donors (Lipinski definition) is 2. The van der Waals surface area contributed by atoms with Gasteiger partial charge in [0.05, 0.1) is 24.8 Å². The van der Waals surface area contributed by atoms with E-state index in [4.69, 9.17) is 4.74 Å². The predicted molar refractivity (Wildman–Crippen MR) is 91.7 cm³/mol. The van der Waals surface area contributed by atoms with Crippen LogP contribution in [0.5, 0.6) is 0 Å². The number of ether oxygens (including phenoxy) is 1. The van der Waals surface area contributed by atoms with Crippen LogP contribution in [0.1, 0.15) is 6.42 Å². The molecule has 1 fully saturated rings. The monoisotopic (exact) mass is 359 g/mol. The third-order valence-corrected chi connectivity index (χ3v) is 3.20. The predicted octanol–water partition coefficient (Wildman–Crippen LogP) is 1.43. The van der Waals surface area contributed by atoms with Gasteiger partial charge in [0.25, 0.3) is 0 Å². The molecule has 1 aliphatic rings. The Morgan fingerprint density at radius 3 is 2.96 bits per heavy atom. The number of carbonyl (C=O) groups excluding carboxylic acids is 1. The Bertz CT molecular complexity index is 603. The van der Waals surface area contributed by atoms with Crippen LogP contribution in [0.3, 0.4) is 0 Å². The largest absolute Gasteiger partial charge is 0.375 e. The number of morpholine rings is 1. The molecule has 0 radical (unpaired) electrons. The topological polar surface area (TPSA) is 81.1 Å². The molecule has 7 nitrogen and oxygen atoms in total. The molecule has 3 heterocycles. The van der Waals surface area contributed by atoms with Gasteiger partial charge in [-0.15, -0.1) is 24.8 Å². The minimum absolute atomic E-state index is 0. The van der Waals surface area contributed by atoms with Crippen LogP contribution in [0.2, 0.25) is 0 Å². The second kappa shape index (κ2) is 9.46. The van der Waals surface area contributed by atoms with Gasteiger partial charge in [-0.3, -0.25) is 4.79 Å². The van der Waals surface area contributed by atoms with Crippen molar-refractivity contribution >= 4 is 36.4 Å². The molecule has 0 bridgehead atoms. The average molecular weight is 360 g/mol. The molecule has 1 saturated heterocycles. The number of anilines is 1. The number of carbonyl (C=O) groups is 1. The minimum atomic E-state index is -0.0925. The molecule has 1 unspecified atom stereocenters. The summed E-state index contributed by atoms with van der Waals surface area (Å²) in [7, 11) is 0. The van der Waals surface area contributed by atoms with Crippen molar-refractivity contribution in [2.75, 3.05) is 25.0 Å². The molecule has 9 heteroatoms. The number of nitrogens with one attached hydrogen (secondary N) is 2. The first kappa shape index (κ1) is 19.4. The Balaban J connectivity index is 0.00000132. The Morgan fingerprint density at radius 2 is 2.26 bits per heavy atom. The molecule has 0 saturated carbocycles. The maximum absolute atomic E-state index is 12.1. The van der Waals surface area contributed by atoms with Gasteiger partial charge in [0, 0.05) is 31.7 Å². The first-order valence-electron chi connectivity index (χ1n) is 6.90. The van der Waals surface area contributed by atoms with Crippen molar-refractivity contribution in [2.45, 2.75) is 12.5 Å². The second-order valence-electron chi connectivity index (χ2n) is 4.77. The summed E-state index contributed by atoms with van der Waals surface area (Å²) < 4.78 is 7.15. The standard InChI is InChI=1S/C14H17N5O2.2ClH/c20-13(9-11-10-15-6-8-21-11)18-12-3-1-4-16-14(12)19-7-2-5-17-19;;/h1-5,7,11,15H,6,8-10H2,(H,18,20);2*1H. The highest BCUT2D eigenvalue weighted by atomic mass is 35.5. The average Bonchev–Trinajstić information content (AvgIpc) is 3.03. The van der Waals surface area contributed by atoms with Crippen molar-refractivity contribution in [2.24, 2.45) is 0 Å². The van der Waals surface area contributed by atoms with Gasteiger partial charge >= 0.3 is 0 Å². The maximum atomic E-state index is 12.1. The molecule has 2 aromatic rings. The van der Waals surface area contributed by atoms with Crippen molar-refractivity contribution in [1.29, 1.82) is 0 Å². The summed E-state index contributed by atoms with van der Waals surface area (Å²) in [6.07, 6.45) is 5.36. The van der Waals surface area contributed by atoms with Crippen LogP contribution in [0.4, 0.5) is 5.69 Å². The second-order valence-corrected chi connectivity index (χ2v) is 4.77. The fourth-order valence-electron chi connectivity index (χ4n) is 2.23. The Hall–Kier alpha value is -1.67. The maximum Gasteiger partial charge on any atom is 0.227 e. The van der Waals surface area contributed by atoms with E-state index in [1.54, 1.807) is 29.3 Å². The molecular formula is C14H19Cl2N5O2. The summed E-state index contributed by atoms with van der Waals surface area (Å²) in [5.74, 6) is 0.503. The van der Waals surface area contributed by atoms with E-state index in [-0.39, 0.29) is 36.8 Å². The van der Waals surface area contributed by atoms with Crippen LogP contribution >= 0.6 is 24.8 Å². The van der Waals surface area contributed by atoms with Gasteiger partial charge in [-0.2, -0.15) is 5.10 Å². The summed E-state index contributed by atoms with van der Waals surface area (Å²) in [6.45, 7) is 2.18. The van der Waals surface area contributed by atoms with E-state index >= 15 is 0 Å². The van der Waals surface area contributed by atoms with E-state index in [1.807, 2.05) is 12.1 Å². The van der Waals surface area contributed by atoms with Gasteiger partial charge in [0.1, 0.15) is 0 Å². The molecule has 2 N–H and O–H groups in total. The van der Waals surface area contributed by atoms with E-state index in [0.717, 1.165) is 6.54 Å². The number of aromatic nitrogens is 3. The first-order valence-corrected chi connectivity index (χ1v) is 6.90. The highest BCUT2D eigenvalue weighted by molar-refractivity contribution is 5.92. The van der Waals surface area contributed by atoms with Crippen LogP contribution in [-0.2, 0) is 9.53 Å². The molecule has 1 amide bonds. The Labute approximate surface area is 146 Å². The lowest BCUT2D eigenvalue weighted by atomic mass is 10.2. The van der Waals surface area contributed by atoms with E-state index < -0.39 is 0 Å². The van der Waals surface area contributed by atoms with Crippen molar-refractivity contribution in [3.05, 3.63) is 36.8 Å². The number of pyridine rings is 1. The van der Waals surface area contributed by atoms with Gasteiger partial charge in [0.2, 0.25) is 5.91 Å². The normalized spacial score (nSPS) is 16.8. The van der Waals surface area contributed by atoms with Crippen LogP contribution < -0.4 is 10.6 Å². The molecule has 126 valence electrons. The Morgan fingerprint density at radius 1 is 1.39 bits per heavy atom. The molecule has 23 heavy (non-hydrogen) atoms. The van der Waals surface area contributed by atoms with Crippen LogP contribution in [0.15, 0.2) is 36.8 Å². The van der Waals surface area contributed by atoms with Crippen molar-refractivity contribution < 1.29 is 9.53 Å². The van der Waals surface area contributed by atoms with E-state index in [9.17, 15) is 4.79 Å². The zero-order chi connectivity index (χ0) is 14.5. The molecule has 0 spiro atoms. The van der Waals surface area contributed by atoms with Gasteiger partial charge < -0.3 is 15.4 Å². The van der Waals surface area contributed by atoms with Crippen molar-refractivity contribution in [3.8, 4) is 5.82 Å². The summed E-state index contributed by atoms with van der Waals surface area (Å²) in [5, 5.41) is 10.2. The number of hydrogen-bond acceptors (Lipinski definition) is 5. The lowest BCUT2D eigenvalue weighted by Crippen LogP contribution is -2.40. The van der Waals surface area contributed by atoms with E-state index in [1.165, 1.54) is 0 Å². The fourth-order valence-corrected chi connectivity index (χ4v) is 2.23. The van der Waals surface area contributed by atoms with E-state index in [0.29, 0.717) is 31.1 Å². The molecule has 1 atom stereocenters. The highest BCUT2D eigenvalue weighted by Crippen LogP contribution is 2.16. The third kappa shape index (κ3) is 5.18. The smallest absolute Gasteiger partial charge is 0.227 e. The molecule has 1 aliphatic heterocycles. The summed E-state index contributed by atoms with van der Waals surface area (Å²) >= 11 is 0. The number of rotatable bonds is 4. The van der Waals surface area contributed by atoms with E-state index in [2.05, 4.69) is 20.7 Å². The van der Waals surface area contributed by atoms with Gasteiger partial charge in [0.15, 0.2) is 5.82 Å². The summed E-state index contributed by atoms with van der Waals surface area (Å²) in [4.78, 5) is 16.4. The quantitative estimate of drug-likeness (QED) is 0.862. The van der Waals surface area contributed by atoms with Crippen LogP contribution in [0.25, 0.3) is 5.82 Å². The lowest BCUT2D eigenvalue weighted by molar-refractivity contribution is -0.119. The molecular weight excluding hydrogens is 341 g/mol. The zero-order valence-electron chi connectivity index (χ0n) is 12.3. The minimum Gasteiger partial charge on any atom is -0.375 e. The molecule has 2 aromatic heterocycles. The van der Waals surface area contributed by atoms with Crippen LogP contribution in [-0.4, -0.2) is 46.5 Å². The SMILES string of the molecule is Cl.Cl.O=C(CC1CNCCO1)Nc1cccnc1-n1cccn1. The molecule has 0 aliphatic carbocycles. The third-order valence-electron chi connectivity index (χ3n) is 3.20. The number of nitrogens with zero attached hydrogens (tertiary/aromatic N) is 3. The van der Waals surface area contributed by atoms with Gasteiger partial charge in [-0.25, -0.2) is 9.67 Å². The fraction of sp³-hybridized carbons (Fsp3) is 0.357. The zero-order valence-corrected chi connectivity index (χ0v) is 14.0. The summed E-state index contributed by atoms with van der Waals surface area (Å²) in [6, 6.07) is 5.39. The first-order chi connectivity index (χ1) is 10.3. The molecule has 0 aromatic carbocycles. The number of amides is 1. The van der Waals surface area contributed by atoms with Crippen LogP contribution in [0, 0.1) is 0 Å². The van der Waals surface area contributed by atoms with Gasteiger partial charge in [-0.05, 0) is 18.2 Å². The van der Waals surface area contributed by atoms with Crippen molar-refractivity contribution in [1.82, 2.24) is 20.1 Å². The highest BCUT2D eigenvalue weighted by Gasteiger charge is 2.18. The Kier molecular flexibility index (Phi) is 7.97.